The van der Waals surface area contributed by atoms with E-state index in [-0.39, 0.29) is 0 Å². The SMILES string of the molecule is C=CCC(C)[O-].C=CCC(C)[O-].C=CCC(C)[O-].CCC1=[C]([Zr+3])CC=C1. The van der Waals surface area contributed by atoms with E-state index in [1.165, 1.54) is 12.8 Å². The summed E-state index contributed by atoms with van der Waals surface area (Å²) < 4.78 is 1.64. The van der Waals surface area contributed by atoms with Crippen LogP contribution in [0.25, 0.3) is 0 Å². The minimum absolute atomic E-state index is 0.470. The van der Waals surface area contributed by atoms with Gasteiger partial charge in [-0.05, 0) is 19.3 Å². The average Bonchev–Trinajstić information content (AvgIpc) is 2.94. The molecule has 1 rings (SSSR count). The topological polar surface area (TPSA) is 69.2 Å². The van der Waals surface area contributed by atoms with Crippen LogP contribution in [0.15, 0.2) is 59.0 Å². The number of hydrogen-bond acceptors (Lipinski definition) is 3. The first-order chi connectivity index (χ1) is 12.2. The van der Waals surface area contributed by atoms with Gasteiger partial charge in [0.25, 0.3) is 0 Å². The molecule has 0 fully saturated rings. The zero-order valence-corrected chi connectivity index (χ0v) is 19.5. The van der Waals surface area contributed by atoms with Crippen molar-refractivity contribution in [3.05, 3.63) is 59.0 Å². The second-order valence-corrected chi connectivity index (χ2v) is 7.45. The van der Waals surface area contributed by atoms with E-state index < -0.39 is 18.3 Å². The van der Waals surface area contributed by atoms with Crippen LogP contribution in [0, 0.1) is 0 Å². The van der Waals surface area contributed by atoms with Gasteiger partial charge < -0.3 is 15.3 Å². The quantitative estimate of drug-likeness (QED) is 0.572. The van der Waals surface area contributed by atoms with Crippen molar-refractivity contribution in [3.63, 3.8) is 0 Å². The summed E-state index contributed by atoms with van der Waals surface area (Å²) >= 11 is 1.60. The van der Waals surface area contributed by atoms with E-state index in [1.807, 2.05) is 0 Å². The fraction of sp³-hybridized carbons (Fsp3) is 0.545. The Hall–Kier alpha value is -0.537. The minimum atomic E-state index is -0.470. The first-order valence-corrected chi connectivity index (χ1v) is 10.3. The molecule has 0 aliphatic heterocycles. The predicted octanol–water partition coefficient (Wildman–Crippen LogP) is 3.09. The van der Waals surface area contributed by atoms with Gasteiger partial charge in [0.2, 0.25) is 0 Å². The summed E-state index contributed by atoms with van der Waals surface area (Å²) in [4.78, 5) is 0. The Morgan fingerprint density at radius 3 is 1.35 bits per heavy atom. The molecular formula is C22H36O3Zr. The molecule has 3 nitrogen and oxygen atoms in total. The summed E-state index contributed by atoms with van der Waals surface area (Å²) in [6.45, 7) is 17.3. The molecule has 4 heteroatoms. The van der Waals surface area contributed by atoms with Gasteiger partial charge in [-0.3, -0.25) is 0 Å². The monoisotopic (exact) mass is 438 g/mol. The Bertz CT molecular complexity index is 374. The molecule has 26 heavy (non-hydrogen) atoms. The Morgan fingerprint density at radius 1 is 0.923 bits per heavy atom. The summed E-state index contributed by atoms with van der Waals surface area (Å²) in [7, 11) is 0. The van der Waals surface area contributed by atoms with Crippen molar-refractivity contribution in [3.8, 4) is 0 Å². The number of hydrogen-bond donors (Lipinski definition) is 0. The van der Waals surface area contributed by atoms with E-state index in [0.717, 1.165) is 0 Å². The summed E-state index contributed by atoms with van der Waals surface area (Å²) in [5, 5.41) is 30.2. The molecule has 0 N–H and O–H groups in total. The van der Waals surface area contributed by atoms with Crippen molar-refractivity contribution in [2.45, 2.75) is 78.1 Å². The second-order valence-electron chi connectivity index (χ2n) is 5.97. The Morgan fingerprint density at radius 2 is 1.27 bits per heavy atom. The summed E-state index contributed by atoms with van der Waals surface area (Å²) in [5.74, 6) is 0. The molecule has 3 unspecified atom stereocenters. The number of rotatable bonds is 7. The summed E-state index contributed by atoms with van der Waals surface area (Å²) in [6, 6.07) is 0. The zero-order chi connectivity index (χ0) is 21.0. The van der Waals surface area contributed by atoms with E-state index in [1.54, 1.807) is 72.6 Å². The average molecular weight is 440 g/mol. The fourth-order valence-electron chi connectivity index (χ4n) is 1.59. The van der Waals surface area contributed by atoms with Gasteiger partial charge in [-0.15, -0.1) is 38.0 Å². The van der Waals surface area contributed by atoms with Crippen LogP contribution in [0.5, 0.6) is 0 Å². The molecule has 0 saturated heterocycles. The molecule has 3 atom stereocenters. The van der Waals surface area contributed by atoms with Crippen LogP contribution in [0.1, 0.15) is 59.8 Å². The van der Waals surface area contributed by atoms with E-state index >= 15 is 0 Å². The molecule has 0 aromatic carbocycles. The first kappa shape index (κ1) is 30.2. The molecule has 146 valence electrons. The van der Waals surface area contributed by atoms with Crippen LogP contribution in [0.4, 0.5) is 0 Å². The van der Waals surface area contributed by atoms with Gasteiger partial charge in [-0.2, -0.15) is 0 Å². The van der Waals surface area contributed by atoms with Gasteiger partial charge in [0.1, 0.15) is 0 Å². The molecular weight excluding hydrogens is 403 g/mol. The molecule has 1 aliphatic rings. The van der Waals surface area contributed by atoms with Crippen molar-refractivity contribution in [2.24, 2.45) is 0 Å². The van der Waals surface area contributed by atoms with Crippen LogP contribution in [0.2, 0.25) is 0 Å². The van der Waals surface area contributed by atoms with E-state index in [2.05, 4.69) is 38.8 Å². The third kappa shape index (κ3) is 28.3. The van der Waals surface area contributed by atoms with Gasteiger partial charge in [0, 0.05) is 0 Å². The fourth-order valence-corrected chi connectivity index (χ4v) is 2.52. The van der Waals surface area contributed by atoms with Gasteiger partial charge in [-0.1, -0.05) is 39.0 Å². The van der Waals surface area contributed by atoms with Crippen LogP contribution in [0.3, 0.4) is 0 Å². The summed E-state index contributed by atoms with van der Waals surface area (Å²) in [5.41, 5.74) is 1.57. The zero-order valence-electron chi connectivity index (χ0n) is 17.0. The van der Waals surface area contributed by atoms with Gasteiger partial charge >= 0.3 is 65.5 Å². The van der Waals surface area contributed by atoms with E-state index in [4.69, 9.17) is 0 Å². The molecule has 0 spiro atoms. The third-order valence-electron chi connectivity index (χ3n) is 2.91. The molecule has 0 aromatic heterocycles. The molecule has 0 amide bonds. The maximum atomic E-state index is 10.1. The number of allylic oxidation sites excluding steroid dienone is 4. The normalized spacial score (nSPS) is 15.1. The van der Waals surface area contributed by atoms with Crippen molar-refractivity contribution in [1.82, 2.24) is 0 Å². The molecule has 0 saturated carbocycles. The summed E-state index contributed by atoms with van der Waals surface area (Å²) in [6.07, 6.45) is 12.2. The molecule has 0 bridgehead atoms. The van der Waals surface area contributed by atoms with Crippen LogP contribution in [-0.2, 0) is 24.7 Å². The Labute approximate surface area is 176 Å². The molecule has 0 aromatic rings. The van der Waals surface area contributed by atoms with Crippen molar-refractivity contribution in [2.75, 3.05) is 0 Å². The standard InChI is InChI=1S/C7H9.3C5H9O.Zr/c1-2-7-5-3-4-6-7;3*1-3-4-5(2)6;/h3,5H,2,4H2,1H3;3*3,5H,1,4H2,2H3;/q;3*-1;+3. The van der Waals surface area contributed by atoms with Crippen LogP contribution in [-0.4, -0.2) is 18.3 Å². The van der Waals surface area contributed by atoms with Crippen LogP contribution < -0.4 is 15.3 Å². The Balaban J connectivity index is -0.000000275. The van der Waals surface area contributed by atoms with E-state index in [9.17, 15) is 15.3 Å². The maximum absolute atomic E-state index is 10.1. The van der Waals surface area contributed by atoms with Gasteiger partial charge in [0.15, 0.2) is 0 Å². The molecule has 1 aliphatic carbocycles. The molecule has 0 radical (unpaired) electrons. The predicted molar refractivity (Wildman–Crippen MR) is 104 cm³/mol. The third-order valence-corrected chi connectivity index (χ3v) is 4.20. The van der Waals surface area contributed by atoms with Crippen molar-refractivity contribution in [1.29, 1.82) is 0 Å². The van der Waals surface area contributed by atoms with Gasteiger partial charge in [0.05, 0.1) is 0 Å². The second kappa shape index (κ2) is 22.5. The molecule has 0 heterocycles. The first-order valence-electron chi connectivity index (χ1n) is 9.06. The van der Waals surface area contributed by atoms with E-state index in [0.29, 0.717) is 19.3 Å². The van der Waals surface area contributed by atoms with Gasteiger partial charge in [-0.25, -0.2) is 0 Å². The van der Waals surface area contributed by atoms with Crippen molar-refractivity contribution < 1.29 is 40.0 Å². The van der Waals surface area contributed by atoms with Crippen LogP contribution >= 0.6 is 0 Å². The Kier molecular flexibility index (Phi) is 26.1. The van der Waals surface area contributed by atoms with Crippen molar-refractivity contribution >= 4 is 0 Å².